The van der Waals surface area contributed by atoms with E-state index in [1.807, 2.05) is 42.5 Å². The molecule has 0 saturated carbocycles. The molecule has 0 spiro atoms. The van der Waals surface area contributed by atoms with Gasteiger partial charge in [-0.3, -0.25) is 0 Å². The van der Waals surface area contributed by atoms with Crippen LogP contribution in [0.3, 0.4) is 0 Å². The number of benzene rings is 2. The number of hydrogen-bond acceptors (Lipinski definition) is 2. The molecule has 0 fully saturated rings. The fourth-order valence-electron chi connectivity index (χ4n) is 2.45. The molecule has 3 rings (SSSR count). The summed E-state index contributed by atoms with van der Waals surface area (Å²) in [6.07, 6.45) is 1.39. The van der Waals surface area contributed by atoms with E-state index in [0.29, 0.717) is 6.61 Å². The van der Waals surface area contributed by atoms with Crippen molar-refractivity contribution in [2.45, 2.75) is 19.6 Å². The molecule has 1 heterocycles. The Morgan fingerprint density at radius 2 is 1.74 bits per heavy atom. The summed E-state index contributed by atoms with van der Waals surface area (Å²) in [5, 5.41) is 9.73. The lowest BCUT2D eigenvalue weighted by Gasteiger charge is -2.11. The highest BCUT2D eigenvalue weighted by molar-refractivity contribution is 5.85. The second kappa shape index (κ2) is 4.90. The normalized spacial score (nSPS) is 17.1. The fraction of sp³-hybridized carbons (Fsp3) is 0.176. The molecule has 1 atom stereocenters. The molecule has 1 aliphatic rings. The highest BCUT2D eigenvalue weighted by Gasteiger charge is 2.18. The van der Waals surface area contributed by atoms with Crippen LogP contribution in [0.5, 0.6) is 5.75 Å². The first-order valence-corrected chi connectivity index (χ1v) is 6.46. The molecule has 96 valence electrons. The molecule has 2 aromatic carbocycles. The summed E-state index contributed by atoms with van der Waals surface area (Å²) in [5.41, 5.74) is 4.35. The number of para-hydroxylation sites is 1. The van der Waals surface area contributed by atoms with Crippen LogP contribution in [0.15, 0.2) is 54.6 Å². The van der Waals surface area contributed by atoms with Gasteiger partial charge in [-0.05, 0) is 35.8 Å². The summed E-state index contributed by atoms with van der Waals surface area (Å²) in [6.45, 7) is 2.33. The Morgan fingerprint density at radius 3 is 2.53 bits per heavy atom. The third kappa shape index (κ3) is 2.27. The van der Waals surface area contributed by atoms with Crippen molar-refractivity contribution in [1.29, 1.82) is 0 Å². The molecular weight excluding hydrogens is 236 g/mol. The first-order valence-electron chi connectivity index (χ1n) is 6.46. The zero-order valence-electron chi connectivity index (χ0n) is 10.8. The Balaban J connectivity index is 2.25. The van der Waals surface area contributed by atoms with Crippen molar-refractivity contribution in [2.75, 3.05) is 0 Å². The van der Waals surface area contributed by atoms with Gasteiger partial charge in [-0.1, -0.05) is 42.5 Å². The molecule has 19 heavy (non-hydrogen) atoms. The number of ether oxygens (including phenoxy) is 1. The molecule has 2 nitrogen and oxygen atoms in total. The molecule has 2 aromatic rings. The second-order valence-electron chi connectivity index (χ2n) is 4.76. The van der Waals surface area contributed by atoms with Crippen LogP contribution in [0, 0.1) is 0 Å². The van der Waals surface area contributed by atoms with Gasteiger partial charge in [0.2, 0.25) is 0 Å². The summed E-state index contributed by atoms with van der Waals surface area (Å²) in [5.74, 6) is 0.866. The van der Waals surface area contributed by atoms with Crippen molar-refractivity contribution in [3.63, 3.8) is 0 Å². The van der Waals surface area contributed by atoms with Gasteiger partial charge in [0.05, 0.1) is 6.10 Å². The number of hydrogen-bond donors (Lipinski definition) is 1. The maximum Gasteiger partial charge on any atom is 0.127 e. The Kier molecular flexibility index (Phi) is 3.10. The zero-order chi connectivity index (χ0) is 13.2. The molecule has 2 heteroatoms. The zero-order valence-corrected chi connectivity index (χ0v) is 10.8. The van der Waals surface area contributed by atoms with E-state index in [0.717, 1.165) is 28.0 Å². The molecule has 0 saturated heterocycles. The number of rotatable bonds is 1. The van der Waals surface area contributed by atoms with E-state index in [9.17, 15) is 5.11 Å². The van der Waals surface area contributed by atoms with Gasteiger partial charge in [0, 0.05) is 5.56 Å². The van der Waals surface area contributed by atoms with E-state index in [2.05, 4.69) is 12.1 Å². The predicted molar refractivity (Wildman–Crippen MR) is 76.0 cm³/mol. The van der Waals surface area contributed by atoms with Gasteiger partial charge in [-0.25, -0.2) is 0 Å². The summed E-state index contributed by atoms with van der Waals surface area (Å²) >= 11 is 0. The first kappa shape index (κ1) is 12.0. The average molecular weight is 252 g/mol. The molecule has 1 aliphatic heterocycles. The fourth-order valence-corrected chi connectivity index (χ4v) is 2.45. The van der Waals surface area contributed by atoms with Crippen molar-refractivity contribution >= 4 is 5.57 Å². The second-order valence-corrected chi connectivity index (χ2v) is 4.76. The highest BCUT2D eigenvalue weighted by atomic mass is 16.5. The molecule has 0 aromatic heterocycles. The van der Waals surface area contributed by atoms with Crippen molar-refractivity contribution in [2.24, 2.45) is 0 Å². The predicted octanol–water partition coefficient (Wildman–Crippen LogP) is 3.39. The average Bonchev–Trinajstić information content (AvgIpc) is 2.57. The van der Waals surface area contributed by atoms with Gasteiger partial charge in [-0.15, -0.1) is 0 Å². The van der Waals surface area contributed by atoms with Crippen molar-refractivity contribution in [3.8, 4) is 5.75 Å². The molecule has 1 unspecified atom stereocenters. The minimum atomic E-state index is -0.491. The minimum absolute atomic E-state index is 0.491. The Bertz CT molecular complexity index is 577. The summed E-state index contributed by atoms with van der Waals surface area (Å²) in [4.78, 5) is 0. The maximum atomic E-state index is 9.73. The van der Waals surface area contributed by atoms with Gasteiger partial charge in [-0.2, -0.15) is 0 Å². The van der Waals surface area contributed by atoms with Crippen LogP contribution >= 0.6 is 0 Å². The van der Waals surface area contributed by atoms with Crippen LogP contribution in [0.2, 0.25) is 0 Å². The Hall–Kier alpha value is -2.06. The van der Waals surface area contributed by atoms with Gasteiger partial charge in [0.1, 0.15) is 12.4 Å². The van der Waals surface area contributed by atoms with Crippen molar-refractivity contribution in [3.05, 3.63) is 71.3 Å². The van der Waals surface area contributed by atoms with Gasteiger partial charge in [0.15, 0.2) is 0 Å². The molecule has 1 N–H and O–H groups in total. The van der Waals surface area contributed by atoms with Crippen molar-refractivity contribution in [1.82, 2.24) is 0 Å². The van der Waals surface area contributed by atoms with E-state index in [-0.39, 0.29) is 0 Å². The monoisotopic (exact) mass is 252 g/mol. The molecular formula is C17H16O2. The number of fused-ring (bicyclic) bond motifs is 2. The lowest BCUT2D eigenvalue weighted by Crippen LogP contribution is -1.98. The Morgan fingerprint density at radius 1 is 1.05 bits per heavy atom. The van der Waals surface area contributed by atoms with E-state index >= 15 is 0 Å². The van der Waals surface area contributed by atoms with Crippen LogP contribution in [0.25, 0.3) is 5.57 Å². The van der Waals surface area contributed by atoms with Crippen LogP contribution in [0.4, 0.5) is 0 Å². The Labute approximate surface area is 113 Å². The van der Waals surface area contributed by atoms with Crippen LogP contribution in [-0.4, -0.2) is 11.2 Å². The number of aliphatic hydroxyl groups is 1. The molecule has 0 bridgehead atoms. The topological polar surface area (TPSA) is 29.5 Å². The quantitative estimate of drug-likeness (QED) is 0.843. The van der Waals surface area contributed by atoms with E-state index in [4.69, 9.17) is 4.74 Å². The standard InChI is InChI=1S/C17H16O2/c1-12(18)10-16-14-7-3-2-6-13(14)11-19-17-9-5-4-8-15(16)17/h2-10,12,18H,11H2,1H3/b16-10-. The molecule has 0 amide bonds. The summed E-state index contributed by atoms with van der Waals surface area (Å²) in [6, 6.07) is 16.1. The SMILES string of the molecule is CC(O)/C=C1/c2ccccc2COc2ccccc21. The first-order chi connectivity index (χ1) is 9.25. The highest BCUT2D eigenvalue weighted by Crippen LogP contribution is 2.36. The lowest BCUT2D eigenvalue weighted by molar-refractivity contribution is 0.244. The van der Waals surface area contributed by atoms with Crippen LogP contribution in [-0.2, 0) is 6.61 Å². The van der Waals surface area contributed by atoms with E-state index in [1.165, 1.54) is 0 Å². The van der Waals surface area contributed by atoms with E-state index < -0.39 is 6.10 Å². The smallest absolute Gasteiger partial charge is 0.127 e. The summed E-state index contributed by atoms with van der Waals surface area (Å²) < 4.78 is 5.86. The molecule has 0 aliphatic carbocycles. The third-order valence-corrected chi connectivity index (χ3v) is 3.28. The maximum absolute atomic E-state index is 9.73. The van der Waals surface area contributed by atoms with Crippen LogP contribution < -0.4 is 4.74 Å². The largest absolute Gasteiger partial charge is 0.488 e. The third-order valence-electron chi connectivity index (χ3n) is 3.28. The van der Waals surface area contributed by atoms with E-state index in [1.54, 1.807) is 6.92 Å². The number of aliphatic hydroxyl groups excluding tert-OH is 1. The lowest BCUT2D eigenvalue weighted by atomic mass is 9.93. The minimum Gasteiger partial charge on any atom is -0.488 e. The van der Waals surface area contributed by atoms with Gasteiger partial charge in [0.25, 0.3) is 0 Å². The van der Waals surface area contributed by atoms with Gasteiger partial charge >= 0.3 is 0 Å². The summed E-state index contributed by atoms with van der Waals surface area (Å²) in [7, 11) is 0. The van der Waals surface area contributed by atoms with Crippen LogP contribution in [0.1, 0.15) is 23.6 Å². The van der Waals surface area contributed by atoms with Gasteiger partial charge < -0.3 is 9.84 Å². The molecule has 0 radical (unpaired) electrons. The van der Waals surface area contributed by atoms with Crippen molar-refractivity contribution < 1.29 is 9.84 Å².